The van der Waals surface area contributed by atoms with Gasteiger partial charge in [-0.2, -0.15) is 13.2 Å². The van der Waals surface area contributed by atoms with Gasteiger partial charge in [-0.1, -0.05) is 6.07 Å². The SMILES string of the molecule is COc1ccc(C(=O)O)cc1SNc1cc(C(F)(F)F)ccc1C1CCCN(C)C1. The zero-order valence-electron chi connectivity index (χ0n) is 16.6. The number of likely N-dealkylation sites (N-methyl/N-ethyl adjacent to an activating group) is 1. The quantitative estimate of drug-likeness (QED) is 0.592. The van der Waals surface area contributed by atoms with Gasteiger partial charge in [-0.15, -0.1) is 0 Å². The molecule has 0 aliphatic carbocycles. The van der Waals surface area contributed by atoms with Gasteiger partial charge in [-0.25, -0.2) is 4.79 Å². The van der Waals surface area contributed by atoms with Crippen molar-refractivity contribution in [1.82, 2.24) is 4.90 Å². The maximum Gasteiger partial charge on any atom is 0.416 e. The fourth-order valence-electron chi connectivity index (χ4n) is 3.60. The monoisotopic (exact) mass is 440 g/mol. The summed E-state index contributed by atoms with van der Waals surface area (Å²) in [6.07, 6.45) is -2.58. The Morgan fingerprint density at radius 2 is 2.03 bits per heavy atom. The summed E-state index contributed by atoms with van der Waals surface area (Å²) >= 11 is 1.04. The molecule has 5 nitrogen and oxygen atoms in total. The molecular formula is C21H23F3N2O3S. The van der Waals surface area contributed by atoms with E-state index in [1.165, 1.54) is 25.3 Å². The first-order chi connectivity index (χ1) is 14.2. The van der Waals surface area contributed by atoms with Crippen LogP contribution in [0, 0.1) is 0 Å². The first kappa shape index (κ1) is 22.3. The van der Waals surface area contributed by atoms with E-state index < -0.39 is 17.7 Å². The number of carbonyl (C=O) groups is 1. The van der Waals surface area contributed by atoms with Gasteiger partial charge in [-0.05, 0) is 80.2 Å². The standard InChI is InChI=1S/C21H23F3N2O3S/c1-26-9-3-4-14(12-26)16-7-6-15(21(22,23)24)11-17(16)25-30-19-10-13(20(27)28)5-8-18(19)29-2/h5-8,10-11,14,25H,3-4,9,12H2,1-2H3,(H,27,28). The Bertz CT molecular complexity index is 921. The zero-order valence-corrected chi connectivity index (χ0v) is 17.4. The van der Waals surface area contributed by atoms with E-state index in [0.717, 1.165) is 55.6 Å². The van der Waals surface area contributed by atoms with Crippen LogP contribution in [0.1, 0.15) is 40.2 Å². The lowest BCUT2D eigenvalue weighted by Gasteiger charge is -2.31. The third-order valence-electron chi connectivity index (χ3n) is 5.13. The molecule has 1 heterocycles. The van der Waals surface area contributed by atoms with Crippen LogP contribution in [0.5, 0.6) is 5.75 Å². The van der Waals surface area contributed by atoms with E-state index >= 15 is 0 Å². The number of nitrogens with one attached hydrogen (secondary N) is 1. The lowest BCUT2D eigenvalue weighted by Crippen LogP contribution is -2.31. The van der Waals surface area contributed by atoms with Crippen molar-refractivity contribution in [2.24, 2.45) is 0 Å². The maximum atomic E-state index is 13.3. The molecule has 162 valence electrons. The number of halogens is 3. The lowest BCUT2D eigenvalue weighted by molar-refractivity contribution is -0.137. The van der Waals surface area contributed by atoms with Crippen LogP contribution in [-0.4, -0.2) is 43.2 Å². The number of piperidine rings is 1. The first-order valence-corrected chi connectivity index (χ1v) is 10.2. The molecule has 0 amide bonds. The number of rotatable bonds is 6. The van der Waals surface area contributed by atoms with E-state index in [1.807, 2.05) is 7.05 Å². The highest BCUT2D eigenvalue weighted by Crippen LogP contribution is 2.39. The molecule has 1 aliphatic rings. The molecule has 9 heteroatoms. The van der Waals surface area contributed by atoms with E-state index in [1.54, 1.807) is 6.07 Å². The normalized spacial score (nSPS) is 17.6. The van der Waals surface area contributed by atoms with Crippen molar-refractivity contribution in [2.75, 3.05) is 32.0 Å². The molecule has 0 radical (unpaired) electrons. The van der Waals surface area contributed by atoms with E-state index in [-0.39, 0.29) is 11.5 Å². The van der Waals surface area contributed by atoms with Crippen molar-refractivity contribution in [1.29, 1.82) is 0 Å². The van der Waals surface area contributed by atoms with Crippen LogP contribution in [0.4, 0.5) is 18.9 Å². The highest BCUT2D eigenvalue weighted by molar-refractivity contribution is 8.00. The van der Waals surface area contributed by atoms with Crippen LogP contribution in [0.25, 0.3) is 0 Å². The molecule has 0 bridgehead atoms. The minimum Gasteiger partial charge on any atom is -0.496 e. The highest BCUT2D eigenvalue weighted by Gasteiger charge is 2.32. The molecule has 0 saturated carbocycles. The van der Waals surface area contributed by atoms with Crippen molar-refractivity contribution in [3.8, 4) is 5.75 Å². The van der Waals surface area contributed by atoms with Crippen LogP contribution >= 0.6 is 11.9 Å². The van der Waals surface area contributed by atoms with Gasteiger partial charge in [0.25, 0.3) is 0 Å². The van der Waals surface area contributed by atoms with Gasteiger partial charge in [0.15, 0.2) is 0 Å². The molecule has 1 unspecified atom stereocenters. The summed E-state index contributed by atoms with van der Waals surface area (Å²) in [6.45, 7) is 1.73. The second-order valence-electron chi connectivity index (χ2n) is 7.28. The summed E-state index contributed by atoms with van der Waals surface area (Å²) in [5.74, 6) is -0.547. The second-order valence-corrected chi connectivity index (χ2v) is 8.12. The average Bonchev–Trinajstić information content (AvgIpc) is 2.71. The van der Waals surface area contributed by atoms with Gasteiger partial charge >= 0.3 is 12.1 Å². The zero-order chi connectivity index (χ0) is 21.9. The van der Waals surface area contributed by atoms with Crippen LogP contribution in [-0.2, 0) is 6.18 Å². The number of ether oxygens (including phenoxy) is 1. The third kappa shape index (κ3) is 5.20. The van der Waals surface area contributed by atoms with Crippen molar-refractivity contribution >= 4 is 23.6 Å². The summed E-state index contributed by atoms with van der Waals surface area (Å²) in [5.41, 5.74) is 0.524. The number of anilines is 1. The largest absolute Gasteiger partial charge is 0.496 e. The van der Waals surface area contributed by atoms with E-state index in [0.29, 0.717) is 16.3 Å². The van der Waals surface area contributed by atoms with Crippen LogP contribution in [0.3, 0.4) is 0 Å². The number of likely N-dealkylation sites (tertiary alicyclic amines) is 1. The number of methoxy groups -OCH3 is 1. The molecule has 2 aromatic carbocycles. The summed E-state index contributed by atoms with van der Waals surface area (Å²) in [4.78, 5) is 13.9. The minimum absolute atomic E-state index is 0.0678. The number of alkyl halides is 3. The van der Waals surface area contributed by atoms with Gasteiger partial charge in [0.05, 0.1) is 23.1 Å². The molecule has 30 heavy (non-hydrogen) atoms. The number of carboxylic acids is 1. The first-order valence-electron chi connectivity index (χ1n) is 9.43. The van der Waals surface area contributed by atoms with Gasteiger partial charge in [0, 0.05) is 12.2 Å². The van der Waals surface area contributed by atoms with Crippen molar-refractivity contribution in [3.05, 3.63) is 53.1 Å². The van der Waals surface area contributed by atoms with Crippen molar-refractivity contribution in [2.45, 2.75) is 29.8 Å². The molecule has 0 aromatic heterocycles. The van der Waals surface area contributed by atoms with Crippen LogP contribution in [0.2, 0.25) is 0 Å². The summed E-state index contributed by atoms with van der Waals surface area (Å²) in [5, 5.41) is 9.22. The maximum absolute atomic E-state index is 13.3. The topological polar surface area (TPSA) is 61.8 Å². The predicted octanol–water partition coefficient (Wildman–Crippen LogP) is 5.34. The van der Waals surface area contributed by atoms with E-state index in [2.05, 4.69) is 9.62 Å². The molecule has 2 N–H and O–H groups in total. The number of aromatic carboxylic acids is 1. The van der Waals surface area contributed by atoms with E-state index in [4.69, 9.17) is 4.74 Å². The lowest BCUT2D eigenvalue weighted by atomic mass is 9.89. The Morgan fingerprint density at radius 3 is 2.67 bits per heavy atom. The average molecular weight is 440 g/mol. The number of hydrogen-bond acceptors (Lipinski definition) is 5. The molecule has 3 rings (SSSR count). The molecule has 1 atom stereocenters. The third-order valence-corrected chi connectivity index (χ3v) is 5.99. The molecule has 1 saturated heterocycles. The summed E-state index contributed by atoms with van der Waals surface area (Å²) in [7, 11) is 3.45. The van der Waals surface area contributed by atoms with Gasteiger partial charge in [-0.3, -0.25) is 0 Å². The van der Waals surface area contributed by atoms with Crippen molar-refractivity contribution in [3.63, 3.8) is 0 Å². The fourth-order valence-corrected chi connectivity index (χ4v) is 4.43. The Balaban J connectivity index is 1.93. The Hall–Kier alpha value is -2.39. The van der Waals surface area contributed by atoms with Crippen LogP contribution in [0.15, 0.2) is 41.3 Å². The number of hydrogen-bond donors (Lipinski definition) is 2. The fraction of sp³-hybridized carbons (Fsp3) is 0.381. The highest BCUT2D eigenvalue weighted by atomic mass is 32.2. The smallest absolute Gasteiger partial charge is 0.416 e. The van der Waals surface area contributed by atoms with Gasteiger partial charge in [0.1, 0.15) is 5.75 Å². The number of benzene rings is 2. The number of carboxylic acid groups (broad SMARTS) is 1. The molecule has 1 fully saturated rings. The number of nitrogens with zero attached hydrogens (tertiary/aromatic N) is 1. The van der Waals surface area contributed by atoms with Crippen LogP contribution < -0.4 is 9.46 Å². The van der Waals surface area contributed by atoms with Gasteiger partial charge < -0.3 is 19.5 Å². The second kappa shape index (κ2) is 9.18. The Morgan fingerprint density at radius 1 is 1.27 bits per heavy atom. The van der Waals surface area contributed by atoms with Crippen molar-refractivity contribution < 1.29 is 27.8 Å². The summed E-state index contributed by atoms with van der Waals surface area (Å²) < 4.78 is 48.2. The Kier molecular flexibility index (Phi) is 6.82. The molecule has 0 spiro atoms. The Labute approximate surface area is 177 Å². The molecular weight excluding hydrogens is 417 g/mol. The molecule has 2 aromatic rings. The predicted molar refractivity (Wildman–Crippen MR) is 110 cm³/mol. The summed E-state index contributed by atoms with van der Waals surface area (Å²) in [6, 6.07) is 8.15. The van der Waals surface area contributed by atoms with Gasteiger partial charge in [0.2, 0.25) is 0 Å². The van der Waals surface area contributed by atoms with E-state index in [9.17, 15) is 23.1 Å². The molecule has 1 aliphatic heterocycles. The minimum atomic E-state index is -4.45.